The van der Waals surface area contributed by atoms with E-state index < -0.39 is 0 Å². The van der Waals surface area contributed by atoms with E-state index in [4.69, 9.17) is 9.72 Å². The third-order valence-electron chi connectivity index (χ3n) is 2.95. The molecule has 0 saturated carbocycles. The third kappa shape index (κ3) is 3.45. The molecule has 2 rings (SSSR count). The molecule has 106 valence electrons. The maximum absolute atomic E-state index is 11.3. The van der Waals surface area contributed by atoms with Crippen molar-refractivity contribution in [2.24, 2.45) is 0 Å². The van der Waals surface area contributed by atoms with Crippen LogP contribution in [0.15, 0.2) is 30.3 Å². The van der Waals surface area contributed by atoms with E-state index in [0.717, 1.165) is 21.1 Å². The topological polar surface area (TPSA) is 39.2 Å². The fourth-order valence-electron chi connectivity index (χ4n) is 1.87. The monoisotopic (exact) mass is 289 g/mol. The van der Waals surface area contributed by atoms with Crippen molar-refractivity contribution in [3.05, 3.63) is 40.9 Å². The average molecular weight is 289 g/mol. The van der Waals surface area contributed by atoms with E-state index in [0.29, 0.717) is 18.9 Å². The minimum absolute atomic E-state index is 0.172. The molecule has 0 spiro atoms. The van der Waals surface area contributed by atoms with Crippen LogP contribution < -0.4 is 0 Å². The van der Waals surface area contributed by atoms with Gasteiger partial charge in [0.15, 0.2) is 0 Å². The predicted molar refractivity (Wildman–Crippen MR) is 81.7 cm³/mol. The van der Waals surface area contributed by atoms with Crippen molar-refractivity contribution in [2.75, 3.05) is 0 Å². The zero-order valence-corrected chi connectivity index (χ0v) is 12.9. The highest BCUT2D eigenvalue weighted by molar-refractivity contribution is 7.15. The van der Waals surface area contributed by atoms with E-state index in [1.807, 2.05) is 30.3 Å². The van der Waals surface area contributed by atoms with Crippen molar-refractivity contribution in [1.29, 1.82) is 0 Å². The van der Waals surface area contributed by atoms with E-state index in [9.17, 15) is 4.79 Å². The van der Waals surface area contributed by atoms with Gasteiger partial charge in [0.2, 0.25) is 0 Å². The molecule has 0 bridgehead atoms. The summed E-state index contributed by atoms with van der Waals surface area (Å²) in [5, 5.41) is 0.983. The Balaban J connectivity index is 2.27. The van der Waals surface area contributed by atoms with Crippen molar-refractivity contribution in [1.82, 2.24) is 4.98 Å². The second kappa shape index (κ2) is 6.66. The largest absolute Gasteiger partial charge is 0.460 e. The first-order valence-corrected chi connectivity index (χ1v) is 7.64. The Bertz CT molecular complexity index is 575. The maximum Gasteiger partial charge on any atom is 0.305 e. The van der Waals surface area contributed by atoms with E-state index in [1.165, 1.54) is 0 Å². The molecule has 2 aromatic rings. The highest BCUT2D eigenvalue weighted by Gasteiger charge is 2.16. The zero-order chi connectivity index (χ0) is 14.5. The molecule has 0 aliphatic heterocycles. The normalized spacial score (nSPS) is 10.8. The minimum Gasteiger partial charge on any atom is -0.460 e. The molecule has 1 aromatic carbocycles. The van der Waals surface area contributed by atoms with Crippen LogP contribution in [-0.4, -0.2) is 11.0 Å². The molecular formula is C16H19NO2S. The second-order valence-corrected chi connectivity index (χ2v) is 5.95. The van der Waals surface area contributed by atoms with Crippen LogP contribution in [0.2, 0.25) is 0 Å². The maximum atomic E-state index is 11.3. The number of carbonyl (C=O) groups is 1. The van der Waals surface area contributed by atoms with Gasteiger partial charge in [0.1, 0.15) is 11.6 Å². The minimum atomic E-state index is -0.172. The van der Waals surface area contributed by atoms with Gasteiger partial charge in [0.25, 0.3) is 0 Å². The highest BCUT2D eigenvalue weighted by Crippen LogP contribution is 2.32. The lowest BCUT2D eigenvalue weighted by Crippen LogP contribution is -2.03. The van der Waals surface area contributed by atoms with Gasteiger partial charge >= 0.3 is 5.97 Å². The lowest BCUT2D eigenvalue weighted by Gasteiger charge is -2.05. The van der Waals surface area contributed by atoms with Crippen LogP contribution in [0.4, 0.5) is 0 Å². The highest BCUT2D eigenvalue weighted by atomic mass is 32.1. The summed E-state index contributed by atoms with van der Waals surface area (Å²) in [4.78, 5) is 17.1. The van der Waals surface area contributed by atoms with Crippen LogP contribution in [0.3, 0.4) is 0 Å². The number of thiazole rings is 1. The molecule has 0 fully saturated rings. The summed E-state index contributed by atoms with van der Waals surface area (Å²) < 4.78 is 5.25. The molecule has 1 heterocycles. The Morgan fingerprint density at radius 1 is 1.30 bits per heavy atom. The van der Waals surface area contributed by atoms with Crippen molar-refractivity contribution >= 4 is 17.3 Å². The fraction of sp³-hybridized carbons (Fsp3) is 0.375. The van der Waals surface area contributed by atoms with E-state index in [-0.39, 0.29) is 5.97 Å². The van der Waals surface area contributed by atoms with Crippen molar-refractivity contribution < 1.29 is 9.53 Å². The summed E-state index contributed by atoms with van der Waals surface area (Å²) in [5.41, 5.74) is 2.13. The first-order chi connectivity index (χ1) is 9.61. The summed E-state index contributed by atoms with van der Waals surface area (Å²) in [6, 6.07) is 10.1. The number of nitrogens with zero attached hydrogens (tertiary/aromatic N) is 1. The number of esters is 1. The van der Waals surface area contributed by atoms with Crippen LogP contribution in [0.1, 0.15) is 43.7 Å². The standard InChI is InChI=1S/C16H19NO2S/c1-4-14(18)19-10-13-15(11(2)3)17-16(20-13)12-8-6-5-7-9-12/h5-9,11H,4,10H2,1-3H3. The Labute approximate surface area is 123 Å². The number of rotatable bonds is 5. The SMILES string of the molecule is CCC(=O)OCc1sc(-c2ccccc2)nc1C(C)C. The Morgan fingerprint density at radius 3 is 2.60 bits per heavy atom. The number of benzene rings is 1. The third-order valence-corrected chi connectivity index (χ3v) is 4.04. The second-order valence-electron chi connectivity index (χ2n) is 4.86. The molecule has 20 heavy (non-hydrogen) atoms. The van der Waals surface area contributed by atoms with Crippen molar-refractivity contribution in [3.8, 4) is 10.6 Å². The van der Waals surface area contributed by atoms with Gasteiger partial charge in [-0.25, -0.2) is 4.98 Å². The van der Waals surface area contributed by atoms with E-state index in [2.05, 4.69) is 13.8 Å². The fourth-order valence-corrected chi connectivity index (χ4v) is 3.01. The van der Waals surface area contributed by atoms with Gasteiger partial charge in [0.05, 0.1) is 10.6 Å². The van der Waals surface area contributed by atoms with Crippen molar-refractivity contribution in [2.45, 2.75) is 39.7 Å². The number of hydrogen-bond donors (Lipinski definition) is 0. The smallest absolute Gasteiger partial charge is 0.305 e. The molecule has 3 nitrogen and oxygen atoms in total. The van der Waals surface area contributed by atoms with Crippen LogP contribution in [0.25, 0.3) is 10.6 Å². The Kier molecular flexibility index (Phi) is 4.90. The first-order valence-electron chi connectivity index (χ1n) is 6.82. The van der Waals surface area contributed by atoms with Gasteiger partial charge < -0.3 is 4.74 Å². The molecule has 4 heteroatoms. The van der Waals surface area contributed by atoms with Gasteiger partial charge in [-0.1, -0.05) is 51.1 Å². The predicted octanol–water partition coefficient (Wildman–Crippen LogP) is 4.39. The number of hydrogen-bond acceptors (Lipinski definition) is 4. The molecule has 0 aliphatic carbocycles. The molecule has 0 atom stereocenters. The molecule has 0 amide bonds. The quantitative estimate of drug-likeness (QED) is 0.766. The molecule has 0 unspecified atom stereocenters. The Hall–Kier alpha value is -1.68. The molecular weight excluding hydrogens is 270 g/mol. The van der Waals surface area contributed by atoms with Gasteiger partial charge in [-0.3, -0.25) is 4.79 Å². The molecule has 0 N–H and O–H groups in total. The number of aromatic nitrogens is 1. The zero-order valence-electron chi connectivity index (χ0n) is 12.1. The summed E-state index contributed by atoms with van der Waals surface area (Å²) in [5.74, 6) is 0.147. The van der Waals surface area contributed by atoms with Crippen molar-refractivity contribution in [3.63, 3.8) is 0 Å². The van der Waals surface area contributed by atoms with Gasteiger partial charge in [-0.05, 0) is 5.92 Å². The van der Waals surface area contributed by atoms with Crippen LogP contribution in [0, 0.1) is 0 Å². The summed E-state index contributed by atoms with van der Waals surface area (Å²) in [7, 11) is 0. The van der Waals surface area contributed by atoms with Crippen LogP contribution >= 0.6 is 11.3 Å². The van der Waals surface area contributed by atoms with Gasteiger partial charge in [-0.15, -0.1) is 11.3 Å². The van der Waals surface area contributed by atoms with Gasteiger partial charge in [0, 0.05) is 12.0 Å². The summed E-state index contributed by atoms with van der Waals surface area (Å²) >= 11 is 1.61. The van der Waals surface area contributed by atoms with Crippen LogP contribution in [-0.2, 0) is 16.1 Å². The lowest BCUT2D eigenvalue weighted by molar-refractivity contribution is -0.144. The lowest BCUT2D eigenvalue weighted by atomic mass is 10.1. The molecule has 1 aromatic heterocycles. The van der Waals surface area contributed by atoms with Crippen LogP contribution in [0.5, 0.6) is 0 Å². The molecule has 0 radical (unpaired) electrons. The van der Waals surface area contributed by atoms with E-state index >= 15 is 0 Å². The number of carbonyl (C=O) groups excluding carboxylic acids is 1. The number of ether oxygens (including phenoxy) is 1. The summed E-state index contributed by atoms with van der Waals surface area (Å²) in [6.07, 6.45) is 0.404. The molecule has 0 aliphatic rings. The Morgan fingerprint density at radius 2 is 2.00 bits per heavy atom. The average Bonchev–Trinajstić information content (AvgIpc) is 2.90. The summed E-state index contributed by atoms with van der Waals surface area (Å²) in [6.45, 7) is 6.34. The van der Waals surface area contributed by atoms with Gasteiger partial charge in [-0.2, -0.15) is 0 Å². The molecule has 0 saturated heterocycles. The van der Waals surface area contributed by atoms with E-state index in [1.54, 1.807) is 18.3 Å². The first kappa shape index (κ1) is 14.7.